The second-order valence-electron chi connectivity index (χ2n) is 11.3. The molecule has 0 aliphatic carbocycles. The molecule has 3 aliphatic rings. The number of anilines is 1. The number of carbonyl (C=O) groups excluding carboxylic acids is 1. The summed E-state index contributed by atoms with van der Waals surface area (Å²) in [5, 5.41) is 4.32. The van der Waals surface area contributed by atoms with Gasteiger partial charge in [-0.15, -0.1) is 12.6 Å². The maximum absolute atomic E-state index is 13.3. The average Bonchev–Trinajstić information content (AvgIpc) is 3.37. The first-order valence-corrected chi connectivity index (χ1v) is 18.2. The molecule has 264 valence electrons. The van der Waals surface area contributed by atoms with Crippen LogP contribution in [0.1, 0.15) is 56.5 Å². The summed E-state index contributed by atoms with van der Waals surface area (Å²) in [7, 11) is 1.58. The van der Waals surface area contributed by atoms with Crippen molar-refractivity contribution in [3.8, 4) is 5.75 Å². The number of ether oxygens (including phenoxy) is 2. The van der Waals surface area contributed by atoms with E-state index in [4.69, 9.17) is 32.7 Å². The molecule has 7 nitrogen and oxygen atoms in total. The fraction of sp³-hybridized carbons (Fsp3) is 0.486. The molecule has 2 unspecified atom stereocenters. The molecule has 11 heteroatoms. The zero-order chi connectivity index (χ0) is 35.1. The Balaban J connectivity index is 0.000000277. The van der Waals surface area contributed by atoms with Crippen LogP contribution >= 0.6 is 35.8 Å². The Morgan fingerprint density at radius 1 is 0.938 bits per heavy atom. The van der Waals surface area contributed by atoms with Crippen LogP contribution in [0.4, 0.5) is 10.1 Å². The van der Waals surface area contributed by atoms with Gasteiger partial charge in [0.25, 0.3) is 5.91 Å². The highest BCUT2D eigenvalue weighted by atomic mass is 35.5. The molecule has 3 aliphatic heterocycles. The van der Waals surface area contributed by atoms with Crippen LogP contribution in [-0.4, -0.2) is 87.5 Å². The lowest BCUT2D eigenvalue weighted by Gasteiger charge is -2.43. The standard InChI is InChI=1S/C21H22ClFN2O3S.C12H17ClN2.2C2H6/c1-27-12-28-20-7-5-16(29)9-19(20)25-14-3-4-15(25)11-24(10-14)21(26)17-6-2-13(23)8-18(17)22;13-12-3-1-11(2-4-12)5-8-15-9-6-14-7-10-15;2*1-2/h2,5-9,14-15,29H,3-4,10-12H2,1H3;1-4,14H,5-10H2;2*1-2H3. The van der Waals surface area contributed by atoms with Crippen molar-refractivity contribution in [2.24, 2.45) is 0 Å². The van der Waals surface area contributed by atoms with Gasteiger partial charge in [-0.3, -0.25) is 4.79 Å². The Morgan fingerprint density at radius 3 is 2.19 bits per heavy atom. The van der Waals surface area contributed by atoms with Gasteiger partial charge in [-0.05, 0) is 73.4 Å². The van der Waals surface area contributed by atoms with Crippen molar-refractivity contribution in [2.75, 3.05) is 64.6 Å². The molecule has 48 heavy (non-hydrogen) atoms. The molecule has 3 saturated heterocycles. The van der Waals surface area contributed by atoms with E-state index in [0.29, 0.717) is 18.7 Å². The Labute approximate surface area is 302 Å². The SMILES string of the molecule is CC.CC.COCOc1ccc(S)cc1N1C2CCC1CN(C(=O)c1ccc(F)cc1Cl)C2.Clc1ccc(CCN2CCNCC2)cc1. The van der Waals surface area contributed by atoms with Crippen molar-refractivity contribution in [2.45, 2.75) is 63.9 Å². The van der Waals surface area contributed by atoms with E-state index in [1.165, 1.54) is 36.9 Å². The van der Waals surface area contributed by atoms with Gasteiger partial charge in [0.2, 0.25) is 0 Å². The van der Waals surface area contributed by atoms with Gasteiger partial charge in [-0.1, -0.05) is 63.0 Å². The average molecular weight is 722 g/mol. The first-order chi connectivity index (χ1) is 23.3. The summed E-state index contributed by atoms with van der Waals surface area (Å²) < 4.78 is 24.2. The minimum absolute atomic E-state index is 0.141. The van der Waals surface area contributed by atoms with Crippen LogP contribution < -0.4 is 15.0 Å². The summed E-state index contributed by atoms with van der Waals surface area (Å²) in [5.41, 5.74) is 2.68. The van der Waals surface area contributed by atoms with E-state index >= 15 is 0 Å². The predicted octanol–water partition coefficient (Wildman–Crippen LogP) is 8.08. The van der Waals surface area contributed by atoms with Gasteiger partial charge < -0.3 is 29.5 Å². The number of benzene rings is 3. The molecule has 3 aromatic rings. The summed E-state index contributed by atoms with van der Waals surface area (Å²) in [6, 6.07) is 18.2. The van der Waals surface area contributed by atoms with Crippen LogP contribution in [0.25, 0.3) is 0 Å². The van der Waals surface area contributed by atoms with E-state index in [2.05, 4.69) is 39.9 Å². The quantitative estimate of drug-likeness (QED) is 0.181. The number of halogens is 3. The number of carbonyl (C=O) groups is 1. The van der Waals surface area contributed by atoms with Crippen molar-refractivity contribution in [1.29, 1.82) is 0 Å². The van der Waals surface area contributed by atoms with E-state index in [9.17, 15) is 9.18 Å². The first-order valence-electron chi connectivity index (χ1n) is 17.0. The van der Waals surface area contributed by atoms with Gasteiger partial charge in [0.05, 0.1) is 16.3 Å². The van der Waals surface area contributed by atoms with Gasteiger partial charge >= 0.3 is 0 Å². The van der Waals surface area contributed by atoms with Crippen LogP contribution in [-0.2, 0) is 11.2 Å². The second-order valence-corrected chi connectivity index (χ2v) is 12.7. The molecule has 2 bridgehead atoms. The summed E-state index contributed by atoms with van der Waals surface area (Å²) in [5.74, 6) is 0.125. The third-order valence-electron chi connectivity index (χ3n) is 8.32. The number of amides is 1. The van der Waals surface area contributed by atoms with Crippen LogP contribution in [0.3, 0.4) is 0 Å². The van der Waals surface area contributed by atoms with E-state index in [1.807, 2.05) is 62.9 Å². The van der Waals surface area contributed by atoms with Crippen molar-refractivity contribution in [1.82, 2.24) is 15.1 Å². The van der Waals surface area contributed by atoms with Crippen LogP contribution in [0.5, 0.6) is 5.75 Å². The topological polar surface area (TPSA) is 57.3 Å². The third-order valence-corrected chi connectivity index (χ3v) is 9.17. The molecule has 0 spiro atoms. The molecule has 0 radical (unpaired) electrons. The predicted molar refractivity (Wildman–Crippen MR) is 200 cm³/mol. The molecule has 3 fully saturated rings. The lowest BCUT2D eigenvalue weighted by molar-refractivity contribution is 0.0511. The van der Waals surface area contributed by atoms with E-state index < -0.39 is 5.82 Å². The minimum atomic E-state index is -0.452. The molecule has 1 N–H and O–H groups in total. The number of hydrogen-bond acceptors (Lipinski definition) is 7. The van der Waals surface area contributed by atoms with Crippen LogP contribution in [0.2, 0.25) is 10.0 Å². The first kappa shape index (κ1) is 39.9. The molecule has 3 heterocycles. The summed E-state index contributed by atoms with van der Waals surface area (Å²) in [6.45, 7) is 15.1. The number of nitrogens with one attached hydrogen (secondary N) is 1. The normalized spacial score (nSPS) is 18.4. The van der Waals surface area contributed by atoms with Crippen molar-refractivity contribution < 1.29 is 18.7 Å². The Morgan fingerprint density at radius 2 is 1.58 bits per heavy atom. The van der Waals surface area contributed by atoms with Gasteiger partial charge in [-0.2, -0.15) is 0 Å². The summed E-state index contributed by atoms with van der Waals surface area (Å²) >= 11 is 16.4. The number of likely N-dealkylation sites (tertiary alicyclic amines) is 1. The third kappa shape index (κ3) is 11.3. The fourth-order valence-electron chi connectivity index (χ4n) is 6.12. The van der Waals surface area contributed by atoms with Gasteiger partial charge in [0.1, 0.15) is 11.6 Å². The van der Waals surface area contributed by atoms with E-state index in [0.717, 1.165) is 60.3 Å². The molecular formula is C37H51Cl2FN4O3S. The summed E-state index contributed by atoms with van der Waals surface area (Å²) in [6.07, 6.45) is 3.08. The number of methoxy groups -OCH3 is 1. The molecule has 3 aromatic carbocycles. The molecular weight excluding hydrogens is 670 g/mol. The Hall–Kier alpha value is -2.53. The number of nitrogens with zero attached hydrogens (tertiary/aromatic N) is 3. The van der Waals surface area contributed by atoms with Crippen molar-refractivity contribution in [3.63, 3.8) is 0 Å². The number of fused-ring (bicyclic) bond motifs is 2. The zero-order valence-corrected chi connectivity index (χ0v) is 31.3. The van der Waals surface area contributed by atoms with Gasteiger partial charge in [0.15, 0.2) is 6.79 Å². The zero-order valence-electron chi connectivity index (χ0n) is 28.9. The summed E-state index contributed by atoms with van der Waals surface area (Å²) in [4.78, 5) is 20.5. The molecule has 6 rings (SSSR count). The largest absolute Gasteiger partial charge is 0.465 e. The fourth-order valence-corrected chi connectivity index (χ4v) is 6.69. The Bertz CT molecular complexity index is 1400. The molecule has 2 atom stereocenters. The number of thiol groups is 1. The van der Waals surface area contributed by atoms with Crippen LogP contribution in [0.15, 0.2) is 65.6 Å². The molecule has 1 amide bonds. The van der Waals surface area contributed by atoms with Crippen molar-refractivity contribution >= 4 is 47.4 Å². The maximum Gasteiger partial charge on any atom is 0.255 e. The van der Waals surface area contributed by atoms with Crippen molar-refractivity contribution in [3.05, 3.63) is 87.7 Å². The maximum atomic E-state index is 13.3. The highest BCUT2D eigenvalue weighted by molar-refractivity contribution is 7.80. The Kier molecular flexibility index (Phi) is 17.3. The smallest absolute Gasteiger partial charge is 0.255 e. The monoisotopic (exact) mass is 720 g/mol. The number of rotatable bonds is 8. The molecule has 0 saturated carbocycles. The highest BCUT2D eigenvalue weighted by Gasteiger charge is 2.42. The highest BCUT2D eigenvalue weighted by Crippen LogP contribution is 2.41. The van der Waals surface area contributed by atoms with Gasteiger partial charge in [0, 0.05) is 74.9 Å². The lowest BCUT2D eigenvalue weighted by Crippen LogP contribution is -2.55. The number of hydrogen-bond donors (Lipinski definition) is 2. The van der Waals surface area contributed by atoms with Crippen LogP contribution in [0, 0.1) is 5.82 Å². The number of piperazine rings is 2. The minimum Gasteiger partial charge on any atom is -0.465 e. The van der Waals surface area contributed by atoms with E-state index in [-0.39, 0.29) is 29.8 Å². The van der Waals surface area contributed by atoms with E-state index in [1.54, 1.807) is 7.11 Å². The second kappa shape index (κ2) is 20.9. The van der Waals surface area contributed by atoms with Gasteiger partial charge in [-0.25, -0.2) is 4.39 Å². The lowest BCUT2D eigenvalue weighted by atomic mass is 10.1. The molecule has 0 aromatic heterocycles.